The second kappa shape index (κ2) is 7.87. The van der Waals surface area contributed by atoms with Gasteiger partial charge < -0.3 is 10.2 Å². The Kier molecular flexibility index (Phi) is 5.98. The molecule has 1 unspecified atom stereocenters. The summed E-state index contributed by atoms with van der Waals surface area (Å²) in [6.07, 6.45) is 0. The van der Waals surface area contributed by atoms with Crippen molar-refractivity contribution in [2.75, 3.05) is 0 Å². The molecule has 0 saturated carbocycles. The van der Waals surface area contributed by atoms with Gasteiger partial charge in [0.25, 0.3) is 10.1 Å². The van der Waals surface area contributed by atoms with Gasteiger partial charge in [-0.1, -0.05) is 70.7 Å². The summed E-state index contributed by atoms with van der Waals surface area (Å²) in [6, 6.07) is 11.4. The SMILES string of the molecule is O=S(=O)(O)C(c1ccc(O)cc1)(c1cccc(Cl)c1Cl)c1c(O)cc(Cl)cc1Cl. The smallest absolute Gasteiger partial charge is 0.283 e. The third-order valence-corrected chi connectivity index (χ3v) is 7.15. The van der Waals surface area contributed by atoms with Gasteiger partial charge in [0.15, 0.2) is 4.75 Å². The van der Waals surface area contributed by atoms with Crippen LogP contribution in [-0.4, -0.2) is 23.2 Å². The van der Waals surface area contributed by atoms with Crippen LogP contribution in [0.1, 0.15) is 16.7 Å². The quantitative estimate of drug-likeness (QED) is 0.311. The van der Waals surface area contributed by atoms with Gasteiger partial charge in [-0.05, 0) is 35.9 Å². The van der Waals surface area contributed by atoms with Crippen molar-refractivity contribution in [1.82, 2.24) is 0 Å². The second-order valence-corrected chi connectivity index (χ2v) is 9.28. The highest BCUT2D eigenvalue weighted by Gasteiger charge is 2.52. The molecule has 0 spiro atoms. The fourth-order valence-corrected chi connectivity index (χ4v) is 5.76. The van der Waals surface area contributed by atoms with Gasteiger partial charge in [0.05, 0.1) is 15.1 Å². The zero-order chi connectivity index (χ0) is 21.6. The molecule has 3 rings (SSSR count). The van der Waals surface area contributed by atoms with Gasteiger partial charge >= 0.3 is 0 Å². The number of benzene rings is 3. The highest BCUT2D eigenvalue weighted by Crippen LogP contribution is 2.53. The molecule has 5 nitrogen and oxygen atoms in total. The lowest BCUT2D eigenvalue weighted by atomic mass is 9.83. The van der Waals surface area contributed by atoms with E-state index in [1.54, 1.807) is 0 Å². The maximum Gasteiger partial charge on any atom is 0.283 e. The Morgan fingerprint density at radius 1 is 0.828 bits per heavy atom. The predicted molar refractivity (Wildman–Crippen MR) is 114 cm³/mol. The number of aromatic hydroxyl groups is 2. The van der Waals surface area contributed by atoms with Gasteiger partial charge in [-0.25, -0.2) is 0 Å². The minimum absolute atomic E-state index is 0.0144. The number of phenols is 2. The van der Waals surface area contributed by atoms with Crippen LogP contribution in [0, 0.1) is 0 Å². The molecule has 0 amide bonds. The molecule has 3 N–H and O–H groups in total. The Bertz CT molecular complexity index is 1170. The van der Waals surface area contributed by atoms with Crippen LogP contribution in [0.5, 0.6) is 11.5 Å². The molecule has 0 heterocycles. The highest BCUT2D eigenvalue weighted by molar-refractivity contribution is 7.87. The first-order valence-corrected chi connectivity index (χ1v) is 10.8. The molecule has 0 saturated heterocycles. The summed E-state index contributed by atoms with van der Waals surface area (Å²) in [6.45, 7) is 0. The van der Waals surface area contributed by atoms with Gasteiger partial charge in [-0.15, -0.1) is 0 Å². The molecule has 0 radical (unpaired) electrons. The van der Waals surface area contributed by atoms with Crippen molar-refractivity contribution in [2.45, 2.75) is 4.75 Å². The molecule has 3 aromatic rings. The molecule has 0 fully saturated rings. The predicted octanol–water partition coefficient (Wildman–Crippen LogP) is 5.89. The Hall–Kier alpha value is -1.67. The minimum Gasteiger partial charge on any atom is -0.508 e. The summed E-state index contributed by atoms with van der Waals surface area (Å²) in [5.74, 6) is -0.745. The van der Waals surface area contributed by atoms with Crippen LogP contribution in [0.4, 0.5) is 0 Å². The van der Waals surface area contributed by atoms with Crippen LogP contribution in [0.2, 0.25) is 20.1 Å². The van der Waals surface area contributed by atoms with Crippen LogP contribution < -0.4 is 0 Å². The molecule has 1 atom stereocenters. The molecule has 0 aliphatic carbocycles. The van der Waals surface area contributed by atoms with E-state index < -0.39 is 20.6 Å². The van der Waals surface area contributed by atoms with Crippen molar-refractivity contribution in [3.63, 3.8) is 0 Å². The third-order valence-electron chi connectivity index (χ3n) is 4.38. The van der Waals surface area contributed by atoms with Gasteiger partial charge in [0.2, 0.25) is 0 Å². The van der Waals surface area contributed by atoms with E-state index in [1.807, 2.05) is 0 Å². The lowest BCUT2D eigenvalue weighted by Crippen LogP contribution is -2.39. The number of phenolic OH excluding ortho intramolecular Hbond substituents is 2. The van der Waals surface area contributed by atoms with Crippen molar-refractivity contribution in [2.24, 2.45) is 0 Å². The average molecular weight is 494 g/mol. The first-order chi connectivity index (χ1) is 13.5. The number of halogens is 4. The van der Waals surface area contributed by atoms with E-state index >= 15 is 0 Å². The Balaban J connectivity index is 2.63. The second-order valence-electron chi connectivity index (χ2n) is 6.09. The van der Waals surface area contributed by atoms with Crippen molar-refractivity contribution in [3.05, 3.63) is 91.4 Å². The maximum atomic E-state index is 13.0. The van der Waals surface area contributed by atoms with Crippen molar-refractivity contribution in [3.8, 4) is 11.5 Å². The van der Waals surface area contributed by atoms with Gasteiger partial charge in [0.1, 0.15) is 11.5 Å². The number of rotatable bonds is 4. The largest absolute Gasteiger partial charge is 0.508 e. The summed E-state index contributed by atoms with van der Waals surface area (Å²) < 4.78 is 34.0. The zero-order valence-corrected chi connectivity index (χ0v) is 18.1. The molecular weight excluding hydrogens is 482 g/mol. The zero-order valence-electron chi connectivity index (χ0n) is 14.3. The summed E-state index contributed by atoms with van der Waals surface area (Å²) in [5.41, 5.74) is -0.582. The molecule has 3 aromatic carbocycles. The van der Waals surface area contributed by atoms with E-state index in [0.717, 1.165) is 6.07 Å². The van der Waals surface area contributed by atoms with Crippen LogP contribution >= 0.6 is 46.4 Å². The molecule has 0 aliphatic rings. The minimum atomic E-state index is -5.11. The van der Waals surface area contributed by atoms with E-state index in [-0.39, 0.29) is 42.5 Å². The average Bonchev–Trinajstić information content (AvgIpc) is 2.60. The molecule has 0 aromatic heterocycles. The van der Waals surface area contributed by atoms with Crippen LogP contribution in [-0.2, 0) is 14.9 Å². The van der Waals surface area contributed by atoms with Crippen molar-refractivity contribution < 1.29 is 23.2 Å². The monoisotopic (exact) mass is 492 g/mol. The van der Waals surface area contributed by atoms with Crippen LogP contribution in [0.25, 0.3) is 0 Å². The van der Waals surface area contributed by atoms with E-state index in [2.05, 4.69) is 0 Å². The lowest BCUT2D eigenvalue weighted by Gasteiger charge is -2.34. The number of hydrogen-bond donors (Lipinski definition) is 3. The molecule has 29 heavy (non-hydrogen) atoms. The fourth-order valence-electron chi connectivity index (χ4n) is 3.23. The van der Waals surface area contributed by atoms with Gasteiger partial charge in [0, 0.05) is 16.1 Å². The number of hydrogen-bond acceptors (Lipinski definition) is 4. The Morgan fingerprint density at radius 2 is 1.45 bits per heavy atom. The molecule has 152 valence electrons. The highest BCUT2D eigenvalue weighted by atomic mass is 35.5. The molecule has 0 aliphatic heterocycles. The van der Waals surface area contributed by atoms with Gasteiger partial charge in [-0.3, -0.25) is 4.55 Å². The first kappa shape index (κ1) is 22.0. The van der Waals surface area contributed by atoms with E-state index in [9.17, 15) is 23.2 Å². The lowest BCUT2D eigenvalue weighted by molar-refractivity contribution is 0.440. The maximum absolute atomic E-state index is 13.0. The van der Waals surface area contributed by atoms with Crippen molar-refractivity contribution >= 4 is 56.5 Å². The van der Waals surface area contributed by atoms with Crippen molar-refractivity contribution in [1.29, 1.82) is 0 Å². The summed E-state index contributed by atoms with van der Waals surface area (Å²) in [4.78, 5) is 0. The third kappa shape index (κ3) is 3.65. The van der Waals surface area contributed by atoms with E-state index in [4.69, 9.17) is 46.4 Å². The van der Waals surface area contributed by atoms with Gasteiger partial charge in [-0.2, -0.15) is 8.42 Å². The topological polar surface area (TPSA) is 94.8 Å². The molecule has 10 heteroatoms. The normalized spacial score (nSPS) is 13.8. The Morgan fingerprint density at radius 3 is 2.00 bits per heavy atom. The summed E-state index contributed by atoms with van der Waals surface area (Å²) in [5, 5.41) is 19.9. The van der Waals surface area contributed by atoms with E-state index in [0.29, 0.717) is 0 Å². The standard InChI is InChI=1S/C19H12Cl4O5S/c20-11-8-15(22)17(16(25)9-11)19(29(26,27)28,10-4-6-12(24)7-5-10)13-2-1-3-14(21)18(13)23/h1-9,24-25H,(H,26,27,28). The summed E-state index contributed by atoms with van der Waals surface area (Å²) >= 11 is 24.7. The summed E-state index contributed by atoms with van der Waals surface area (Å²) in [7, 11) is -5.11. The van der Waals surface area contributed by atoms with E-state index in [1.165, 1.54) is 48.5 Å². The fraction of sp³-hybridized carbons (Fsp3) is 0.0526. The van der Waals surface area contributed by atoms with Crippen LogP contribution in [0.15, 0.2) is 54.6 Å². The first-order valence-electron chi connectivity index (χ1n) is 7.89. The van der Waals surface area contributed by atoms with Crippen LogP contribution in [0.3, 0.4) is 0 Å². The molecular formula is C19H12Cl4O5S. The Labute approximate surface area is 186 Å². The molecule has 0 bridgehead atoms.